The third-order valence-electron chi connectivity index (χ3n) is 2.43. The molecule has 0 spiro atoms. The summed E-state index contributed by atoms with van der Waals surface area (Å²) in [7, 11) is 1.82. The average molecular weight is 254 g/mol. The summed E-state index contributed by atoms with van der Waals surface area (Å²) in [5, 5.41) is 3.02. The molecule has 1 aromatic heterocycles. The highest BCUT2D eigenvalue weighted by atomic mass is 32.2. The molecular weight excluding hydrogens is 240 g/mol. The van der Waals surface area contributed by atoms with Crippen LogP contribution in [0.1, 0.15) is 12.1 Å². The van der Waals surface area contributed by atoms with E-state index in [1.165, 1.54) is 0 Å². The molecule has 0 aromatic carbocycles. The Morgan fingerprint density at radius 2 is 2.50 bits per heavy atom. The Bertz CT molecular complexity index is 364. The van der Waals surface area contributed by atoms with Crippen LogP contribution >= 0.6 is 24.0 Å². The molecule has 0 radical (unpaired) electrons. The van der Waals surface area contributed by atoms with Crippen LogP contribution in [0.4, 0.5) is 0 Å². The Hall–Kier alpha value is -0.650. The van der Waals surface area contributed by atoms with Crippen molar-refractivity contribution >= 4 is 29.0 Å². The minimum Gasteiger partial charge on any atom is -0.379 e. The summed E-state index contributed by atoms with van der Waals surface area (Å²) in [5.41, 5.74) is 0.874. The van der Waals surface area contributed by atoms with Crippen LogP contribution in [0.3, 0.4) is 0 Å². The summed E-state index contributed by atoms with van der Waals surface area (Å²) in [5.74, 6) is 1.04. The molecule has 0 amide bonds. The summed E-state index contributed by atoms with van der Waals surface area (Å²) in [6, 6.07) is 5.82. The Morgan fingerprint density at radius 3 is 3.06 bits per heavy atom. The highest BCUT2D eigenvalue weighted by Gasteiger charge is 2.41. The van der Waals surface area contributed by atoms with Gasteiger partial charge in [-0.3, -0.25) is 4.98 Å². The summed E-state index contributed by atoms with van der Waals surface area (Å²) in [6.45, 7) is 0.728. The van der Waals surface area contributed by atoms with Crippen molar-refractivity contribution in [2.45, 2.75) is 11.4 Å². The van der Waals surface area contributed by atoms with Gasteiger partial charge < -0.3 is 10.1 Å². The number of nitrogens with zero attached hydrogens (tertiary/aromatic N) is 1. The lowest BCUT2D eigenvalue weighted by atomic mass is 10.2. The second kappa shape index (κ2) is 5.12. The molecule has 2 rings (SSSR count). The zero-order valence-electron chi connectivity index (χ0n) is 9.10. The summed E-state index contributed by atoms with van der Waals surface area (Å²) in [6.07, 6.45) is 2.83. The van der Waals surface area contributed by atoms with Gasteiger partial charge in [0.2, 0.25) is 4.93 Å². The molecule has 16 heavy (non-hydrogen) atoms. The average Bonchev–Trinajstić information content (AvgIpc) is 2.39. The van der Waals surface area contributed by atoms with Crippen LogP contribution in [0.2, 0.25) is 0 Å². The highest BCUT2D eigenvalue weighted by molar-refractivity contribution is 8.02. The molecule has 1 aromatic rings. The molecular formula is C11H14N2OS2. The van der Waals surface area contributed by atoms with Gasteiger partial charge in [-0.05, 0) is 24.3 Å². The maximum atomic E-state index is 5.90. The van der Waals surface area contributed by atoms with Gasteiger partial charge in [0.05, 0.1) is 12.3 Å². The van der Waals surface area contributed by atoms with E-state index in [1.807, 2.05) is 25.2 Å². The van der Waals surface area contributed by atoms with Gasteiger partial charge in [-0.2, -0.15) is 0 Å². The van der Waals surface area contributed by atoms with Crippen molar-refractivity contribution in [3.63, 3.8) is 0 Å². The van der Waals surface area contributed by atoms with Gasteiger partial charge in [0, 0.05) is 13.2 Å². The molecule has 0 saturated carbocycles. The first-order valence-corrected chi connectivity index (χ1v) is 6.60. The third kappa shape index (κ3) is 2.07. The molecule has 5 heteroatoms. The number of rotatable bonds is 2. The smallest absolute Gasteiger partial charge is 0.206 e. The van der Waals surface area contributed by atoms with E-state index in [2.05, 4.69) is 10.3 Å². The van der Waals surface area contributed by atoms with E-state index in [0.717, 1.165) is 24.5 Å². The number of hydrogen-bond donors (Lipinski definition) is 1. The molecule has 1 aliphatic heterocycles. The van der Waals surface area contributed by atoms with Gasteiger partial charge in [-0.1, -0.05) is 18.3 Å². The van der Waals surface area contributed by atoms with Crippen LogP contribution in [0.5, 0.6) is 0 Å². The standard InChI is InChI=1S/C11H14N2OS2/c1-12-10(15)11(14-7-4-8-16-11)9-5-2-3-6-13-9/h2-3,5-6H,4,7-8H2,1H3,(H,12,15). The molecule has 0 aliphatic carbocycles. The van der Waals surface area contributed by atoms with Crippen LogP contribution in [0.25, 0.3) is 0 Å². The van der Waals surface area contributed by atoms with E-state index in [1.54, 1.807) is 18.0 Å². The number of likely N-dealkylation sites (N-methyl/N-ethyl adjacent to an activating group) is 1. The number of aromatic nitrogens is 1. The quantitative estimate of drug-likeness (QED) is 0.816. The van der Waals surface area contributed by atoms with Crippen molar-refractivity contribution in [1.29, 1.82) is 0 Å². The van der Waals surface area contributed by atoms with E-state index < -0.39 is 4.93 Å². The van der Waals surface area contributed by atoms with Crippen LogP contribution < -0.4 is 5.32 Å². The zero-order chi connectivity index (χ0) is 11.4. The Morgan fingerprint density at radius 1 is 1.62 bits per heavy atom. The van der Waals surface area contributed by atoms with Crippen molar-refractivity contribution in [2.24, 2.45) is 0 Å². The van der Waals surface area contributed by atoms with Crippen molar-refractivity contribution in [3.8, 4) is 0 Å². The minimum atomic E-state index is -0.594. The predicted octanol–water partition coefficient (Wildman–Crippen LogP) is 1.93. The molecule has 1 saturated heterocycles. The SMILES string of the molecule is CNC(=S)C1(c2ccccn2)OCCCS1. The number of ether oxygens (including phenoxy) is 1. The zero-order valence-corrected chi connectivity index (χ0v) is 10.7. The van der Waals surface area contributed by atoms with Gasteiger partial charge in [-0.25, -0.2) is 0 Å². The van der Waals surface area contributed by atoms with Gasteiger partial charge in [0.25, 0.3) is 0 Å². The molecule has 1 fully saturated rings. The van der Waals surface area contributed by atoms with E-state index in [-0.39, 0.29) is 0 Å². The number of pyridine rings is 1. The lowest BCUT2D eigenvalue weighted by Gasteiger charge is -2.36. The second-order valence-corrected chi connectivity index (χ2v) is 5.14. The fourth-order valence-electron chi connectivity index (χ4n) is 1.65. The van der Waals surface area contributed by atoms with E-state index in [9.17, 15) is 0 Å². The molecule has 1 unspecified atom stereocenters. The van der Waals surface area contributed by atoms with E-state index in [4.69, 9.17) is 17.0 Å². The van der Waals surface area contributed by atoms with E-state index in [0.29, 0.717) is 4.99 Å². The van der Waals surface area contributed by atoms with E-state index >= 15 is 0 Å². The van der Waals surface area contributed by atoms with Crippen molar-refractivity contribution in [3.05, 3.63) is 30.1 Å². The normalized spacial score (nSPS) is 25.1. The van der Waals surface area contributed by atoms with Crippen molar-refractivity contribution in [1.82, 2.24) is 10.3 Å². The maximum Gasteiger partial charge on any atom is 0.206 e. The molecule has 1 aliphatic rings. The number of hydrogen-bond acceptors (Lipinski definition) is 4. The first-order valence-electron chi connectivity index (χ1n) is 5.21. The Kier molecular flexibility index (Phi) is 3.78. The molecule has 86 valence electrons. The summed E-state index contributed by atoms with van der Waals surface area (Å²) in [4.78, 5) is 4.47. The van der Waals surface area contributed by atoms with Gasteiger partial charge in [0.15, 0.2) is 0 Å². The first-order chi connectivity index (χ1) is 7.79. The fourth-order valence-corrected chi connectivity index (χ4v) is 3.21. The fraction of sp³-hybridized carbons (Fsp3) is 0.455. The molecule has 2 heterocycles. The minimum absolute atomic E-state index is 0.594. The van der Waals surface area contributed by atoms with Crippen molar-refractivity contribution in [2.75, 3.05) is 19.4 Å². The largest absolute Gasteiger partial charge is 0.379 e. The topological polar surface area (TPSA) is 34.2 Å². The Balaban J connectivity index is 2.38. The van der Waals surface area contributed by atoms with Crippen molar-refractivity contribution < 1.29 is 4.74 Å². The predicted molar refractivity (Wildman–Crippen MR) is 70.6 cm³/mol. The van der Waals surface area contributed by atoms with Crippen LogP contribution in [0, 0.1) is 0 Å². The monoisotopic (exact) mass is 254 g/mol. The number of thiocarbonyl (C=S) groups is 1. The Labute approximate surface area is 105 Å². The molecule has 3 nitrogen and oxygen atoms in total. The van der Waals surface area contributed by atoms with Crippen LogP contribution in [-0.2, 0) is 9.67 Å². The lowest BCUT2D eigenvalue weighted by molar-refractivity contribution is 0.0619. The molecule has 0 bridgehead atoms. The number of thioether (sulfide) groups is 1. The third-order valence-corrected chi connectivity index (χ3v) is 4.48. The van der Waals surface area contributed by atoms with Gasteiger partial charge in [0.1, 0.15) is 4.99 Å². The highest BCUT2D eigenvalue weighted by Crippen LogP contribution is 2.41. The van der Waals surface area contributed by atoms with Crippen LogP contribution in [-0.4, -0.2) is 29.4 Å². The molecule has 1 N–H and O–H groups in total. The second-order valence-electron chi connectivity index (χ2n) is 3.46. The summed E-state index contributed by atoms with van der Waals surface area (Å²) >= 11 is 7.08. The van der Waals surface area contributed by atoms with Gasteiger partial charge >= 0.3 is 0 Å². The van der Waals surface area contributed by atoms with Gasteiger partial charge in [-0.15, -0.1) is 11.8 Å². The van der Waals surface area contributed by atoms with Crippen LogP contribution in [0.15, 0.2) is 24.4 Å². The summed E-state index contributed by atoms with van der Waals surface area (Å²) < 4.78 is 5.90. The number of nitrogens with one attached hydrogen (secondary N) is 1. The lowest BCUT2D eigenvalue weighted by Crippen LogP contribution is -2.44. The maximum absolute atomic E-state index is 5.90. The first kappa shape index (κ1) is 11.8. The molecule has 1 atom stereocenters.